The van der Waals surface area contributed by atoms with E-state index in [4.69, 9.17) is 0 Å². The first-order chi connectivity index (χ1) is 4.48. The van der Waals surface area contributed by atoms with Crippen molar-refractivity contribution in [3.8, 4) is 0 Å². The van der Waals surface area contributed by atoms with Gasteiger partial charge in [-0.2, -0.15) is 0 Å². The molecule has 0 bridgehead atoms. The van der Waals surface area contributed by atoms with Crippen LogP contribution >= 0.6 is 0 Å². The molecule has 1 atom stereocenters. The summed E-state index contributed by atoms with van der Waals surface area (Å²) in [6.07, 6.45) is 3.12. The third-order valence-electron chi connectivity index (χ3n) is 1.83. The fourth-order valence-corrected chi connectivity index (χ4v) is 0.830. The zero-order chi connectivity index (χ0) is 8.20. The van der Waals surface area contributed by atoms with Gasteiger partial charge in [-0.05, 0) is 11.8 Å². The van der Waals surface area contributed by atoms with E-state index in [1.165, 1.54) is 6.42 Å². The molecule has 0 aromatic heterocycles. The van der Waals surface area contributed by atoms with E-state index in [2.05, 4.69) is 27.7 Å². The Morgan fingerprint density at radius 2 is 1.80 bits per heavy atom. The fourth-order valence-electron chi connectivity index (χ4n) is 0.830. The molecule has 0 heterocycles. The van der Waals surface area contributed by atoms with Crippen LogP contribution in [0.15, 0.2) is 0 Å². The second-order valence-corrected chi connectivity index (χ2v) is 4.02. The van der Waals surface area contributed by atoms with Crippen molar-refractivity contribution < 1.29 is 5.11 Å². The molecular weight excluding hydrogens is 124 g/mol. The Morgan fingerprint density at radius 1 is 1.30 bits per heavy atom. The predicted molar refractivity (Wildman–Crippen MR) is 45.0 cm³/mol. The molecule has 0 aliphatic rings. The first kappa shape index (κ1) is 9.96. The van der Waals surface area contributed by atoms with Crippen LogP contribution in [0.4, 0.5) is 0 Å². The number of hydrogen-bond acceptors (Lipinski definition) is 1. The number of rotatable bonds is 3. The van der Waals surface area contributed by atoms with Crippen molar-refractivity contribution in [2.75, 3.05) is 0 Å². The molecule has 0 aliphatic carbocycles. The van der Waals surface area contributed by atoms with Gasteiger partial charge in [0.2, 0.25) is 0 Å². The lowest BCUT2D eigenvalue weighted by molar-refractivity contribution is 0.0538. The SMILES string of the molecule is CCCC[C@@H](O)C(C)(C)C. The number of aliphatic hydroxyl groups excluding tert-OH is 1. The van der Waals surface area contributed by atoms with E-state index in [9.17, 15) is 5.11 Å². The smallest absolute Gasteiger partial charge is 0.0588 e. The van der Waals surface area contributed by atoms with E-state index < -0.39 is 0 Å². The molecule has 62 valence electrons. The first-order valence-electron chi connectivity index (χ1n) is 4.16. The van der Waals surface area contributed by atoms with Crippen molar-refractivity contribution in [2.24, 2.45) is 5.41 Å². The maximum atomic E-state index is 9.52. The van der Waals surface area contributed by atoms with Gasteiger partial charge < -0.3 is 5.11 Å². The molecule has 0 spiro atoms. The Kier molecular flexibility index (Phi) is 3.95. The topological polar surface area (TPSA) is 20.2 Å². The Bertz CT molecular complexity index is 81.2. The molecule has 1 heteroatoms. The van der Waals surface area contributed by atoms with Crippen LogP contribution in [-0.4, -0.2) is 11.2 Å². The molecule has 0 aliphatic heterocycles. The second kappa shape index (κ2) is 3.97. The van der Waals surface area contributed by atoms with Gasteiger partial charge in [-0.1, -0.05) is 40.5 Å². The summed E-state index contributed by atoms with van der Waals surface area (Å²) >= 11 is 0. The standard InChI is InChI=1S/C9H20O/c1-5-6-7-8(10)9(2,3)4/h8,10H,5-7H2,1-4H3/t8-/m1/s1. The van der Waals surface area contributed by atoms with Gasteiger partial charge in [-0.15, -0.1) is 0 Å². The minimum atomic E-state index is -0.132. The monoisotopic (exact) mass is 144 g/mol. The first-order valence-corrected chi connectivity index (χ1v) is 4.16. The summed E-state index contributed by atoms with van der Waals surface area (Å²) in [7, 11) is 0. The van der Waals surface area contributed by atoms with Crippen LogP contribution in [0.2, 0.25) is 0 Å². The number of unbranched alkanes of at least 4 members (excludes halogenated alkanes) is 1. The van der Waals surface area contributed by atoms with E-state index >= 15 is 0 Å². The molecule has 0 unspecified atom stereocenters. The van der Waals surface area contributed by atoms with Crippen LogP contribution < -0.4 is 0 Å². The molecule has 0 fully saturated rings. The summed E-state index contributed by atoms with van der Waals surface area (Å²) in [5.74, 6) is 0. The lowest BCUT2D eigenvalue weighted by atomic mass is 9.86. The maximum Gasteiger partial charge on any atom is 0.0588 e. The third-order valence-corrected chi connectivity index (χ3v) is 1.83. The average molecular weight is 144 g/mol. The summed E-state index contributed by atoms with van der Waals surface area (Å²) in [4.78, 5) is 0. The summed E-state index contributed by atoms with van der Waals surface area (Å²) in [5, 5.41) is 9.52. The van der Waals surface area contributed by atoms with Crippen LogP contribution in [0, 0.1) is 5.41 Å². The van der Waals surface area contributed by atoms with Gasteiger partial charge in [0.05, 0.1) is 6.10 Å². The van der Waals surface area contributed by atoms with Gasteiger partial charge in [0, 0.05) is 0 Å². The highest BCUT2D eigenvalue weighted by molar-refractivity contribution is 4.71. The lowest BCUT2D eigenvalue weighted by Gasteiger charge is -2.25. The zero-order valence-corrected chi connectivity index (χ0v) is 7.65. The van der Waals surface area contributed by atoms with E-state index in [1.54, 1.807) is 0 Å². The molecule has 1 N–H and O–H groups in total. The summed E-state index contributed by atoms with van der Waals surface area (Å²) in [5.41, 5.74) is 0.0647. The molecule has 0 radical (unpaired) electrons. The molecule has 0 aromatic carbocycles. The van der Waals surface area contributed by atoms with Gasteiger partial charge in [-0.3, -0.25) is 0 Å². The molecular formula is C9H20O. The molecule has 1 nitrogen and oxygen atoms in total. The zero-order valence-electron chi connectivity index (χ0n) is 7.65. The van der Waals surface area contributed by atoms with Crippen molar-refractivity contribution in [3.05, 3.63) is 0 Å². The Balaban J connectivity index is 3.52. The minimum absolute atomic E-state index is 0.0647. The van der Waals surface area contributed by atoms with Gasteiger partial charge in [-0.25, -0.2) is 0 Å². The fraction of sp³-hybridized carbons (Fsp3) is 1.00. The van der Waals surface area contributed by atoms with Crippen LogP contribution in [0.1, 0.15) is 47.0 Å². The van der Waals surface area contributed by atoms with E-state index in [1.807, 2.05) is 0 Å². The normalized spacial score (nSPS) is 15.3. The predicted octanol–water partition coefficient (Wildman–Crippen LogP) is 2.58. The summed E-state index contributed by atoms with van der Waals surface area (Å²) in [6.45, 7) is 8.38. The van der Waals surface area contributed by atoms with Gasteiger partial charge >= 0.3 is 0 Å². The van der Waals surface area contributed by atoms with Crippen LogP contribution in [0.25, 0.3) is 0 Å². The Hall–Kier alpha value is -0.0400. The lowest BCUT2D eigenvalue weighted by Crippen LogP contribution is -2.25. The molecule has 10 heavy (non-hydrogen) atoms. The average Bonchev–Trinajstić information content (AvgIpc) is 1.80. The van der Waals surface area contributed by atoms with Crippen LogP contribution in [0.5, 0.6) is 0 Å². The molecule has 0 saturated carbocycles. The van der Waals surface area contributed by atoms with Crippen molar-refractivity contribution in [1.29, 1.82) is 0 Å². The van der Waals surface area contributed by atoms with Gasteiger partial charge in [0.25, 0.3) is 0 Å². The highest BCUT2D eigenvalue weighted by Gasteiger charge is 2.20. The quantitative estimate of drug-likeness (QED) is 0.645. The highest BCUT2D eigenvalue weighted by Crippen LogP contribution is 2.22. The van der Waals surface area contributed by atoms with Crippen LogP contribution in [-0.2, 0) is 0 Å². The largest absolute Gasteiger partial charge is 0.393 e. The van der Waals surface area contributed by atoms with Gasteiger partial charge in [0.1, 0.15) is 0 Å². The van der Waals surface area contributed by atoms with Gasteiger partial charge in [0.15, 0.2) is 0 Å². The van der Waals surface area contributed by atoms with E-state index in [0.717, 1.165) is 12.8 Å². The van der Waals surface area contributed by atoms with E-state index in [-0.39, 0.29) is 11.5 Å². The minimum Gasteiger partial charge on any atom is -0.393 e. The maximum absolute atomic E-state index is 9.52. The highest BCUT2D eigenvalue weighted by atomic mass is 16.3. The van der Waals surface area contributed by atoms with Crippen molar-refractivity contribution in [3.63, 3.8) is 0 Å². The summed E-state index contributed by atoms with van der Waals surface area (Å²) < 4.78 is 0. The van der Waals surface area contributed by atoms with Crippen molar-refractivity contribution in [2.45, 2.75) is 53.1 Å². The number of hydrogen-bond donors (Lipinski definition) is 1. The molecule has 0 aromatic rings. The van der Waals surface area contributed by atoms with Crippen molar-refractivity contribution >= 4 is 0 Å². The molecule has 0 amide bonds. The molecule has 0 rings (SSSR count). The molecule has 0 saturated heterocycles. The van der Waals surface area contributed by atoms with Crippen LogP contribution in [0.3, 0.4) is 0 Å². The summed E-state index contributed by atoms with van der Waals surface area (Å²) in [6, 6.07) is 0. The number of aliphatic hydroxyl groups is 1. The van der Waals surface area contributed by atoms with Crippen molar-refractivity contribution in [1.82, 2.24) is 0 Å². The Morgan fingerprint density at radius 3 is 2.10 bits per heavy atom. The van der Waals surface area contributed by atoms with E-state index in [0.29, 0.717) is 0 Å². The Labute approximate surface area is 64.5 Å². The second-order valence-electron chi connectivity index (χ2n) is 4.02. The third kappa shape index (κ3) is 3.89.